The summed E-state index contributed by atoms with van der Waals surface area (Å²) < 4.78 is 0. The molecule has 4 N–H and O–H groups in total. The van der Waals surface area contributed by atoms with Crippen LogP contribution in [0, 0.1) is 6.92 Å². The summed E-state index contributed by atoms with van der Waals surface area (Å²) in [5.41, 5.74) is 7.93. The predicted molar refractivity (Wildman–Crippen MR) is 86.7 cm³/mol. The van der Waals surface area contributed by atoms with Gasteiger partial charge >= 0.3 is 6.03 Å². The summed E-state index contributed by atoms with van der Waals surface area (Å²) in [5, 5.41) is 5.60. The number of anilines is 1. The van der Waals surface area contributed by atoms with Crippen LogP contribution in [-0.2, 0) is 0 Å². The molecule has 0 aliphatic heterocycles. The molecule has 5 nitrogen and oxygen atoms in total. The molecule has 0 radical (unpaired) electrons. The Bertz CT molecular complexity index is 684. The van der Waals surface area contributed by atoms with Gasteiger partial charge in [-0.25, -0.2) is 4.79 Å². The van der Waals surface area contributed by atoms with Gasteiger partial charge in [0.1, 0.15) is 0 Å². The van der Waals surface area contributed by atoms with Crippen molar-refractivity contribution in [2.24, 2.45) is 5.73 Å². The Balaban J connectivity index is 2.07. The summed E-state index contributed by atoms with van der Waals surface area (Å²) in [7, 11) is 0. The minimum absolute atomic E-state index is 0.124. The first-order chi connectivity index (χ1) is 10.5. The zero-order chi connectivity index (χ0) is 16.1. The van der Waals surface area contributed by atoms with E-state index in [1.807, 2.05) is 37.3 Å². The molecule has 0 saturated carbocycles. The molecular formula is C17H19N3O2. The number of carbonyl (C=O) groups is 2. The van der Waals surface area contributed by atoms with Crippen LogP contribution in [0.3, 0.4) is 0 Å². The van der Waals surface area contributed by atoms with Crippen molar-refractivity contribution >= 4 is 17.6 Å². The summed E-state index contributed by atoms with van der Waals surface area (Å²) in [6, 6.07) is 14.3. The largest absolute Gasteiger partial charge is 0.366 e. The van der Waals surface area contributed by atoms with Gasteiger partial charge in [0.25, 0.3) is 0 Å². The summed E-state index contributed by atoms with van der Waals surface area (Å²) in [6.07, 6.45) is 0. The Kier molecular flexibility index (Phi) is 4.78. The Morgan fingerprint density at radius 2 is 1.73 bits per heavy atom. The quantitative estimate of drug-likeness (QED) is 0.810. The van der Waals surface area contributed by atoms with Crippen molar-refractivity contribution in [2.45, 2.75) is 19.9 Å². The molecule has 0 aliphatic carbocycles. The van der Waals surface area contributed by atoms with Crippen LogP contribution in [0.5, 0.6) is 0 Å². The number of nitrogens with one attached hydrogen (secondary N) is 2. The summed E-state index contributed by atoms with van der Waals surface area (Å²) in [6.45, 7) is 3.65. The minimum atomic E-state index is -0.515. The van der Waals surface area contributed by atoms with E-state index < -0.39 is 5.91 Å². The molecule has 0 aromatic heterocycles. The maximum atomic E-state index is 12.1. The lowest BCUT2D eigenvalue weighted by Crippen LogP contribution is -2.31. The Morgan fingerprint density at radius 1 is 1.05 bits per heavy atom. The molecule has 0 spiro atoms. The van der Waals surface area contributed by atoms with E-state index in [1.165, 1.54) is 0 Å². The van der Waals surface area contributed by atoms with Gasteiger partial charge in [0.2, 0.25) is 5.91 Å². The molecule has 0 saturated heterocycles. The van der Waals surface area contributed by atoms with Crippen LogP contribution in [0.1, 0.15) is 34.5 Å². The van der Waals surface area contributed by atoms with Crippen molar-refractivity contribution in [3.63, 3.8) is 0 Å². The average Bonchev–Trinajstić information content (AvgIpc) is 2.50. The molecule has 0 fully saturated rings. The van der Waals surface area contributed by atoms with Crippen LogP contribution in [0.4, 0.5) is 10.5 Å². The van der Waals surface area contributed by atoms with E-state index in [-0.39, 0.29) is 12.1 Å². The highest BCUT2D eigenvalue weighted by molar-refractivity contribution is 5.98. The van der Waals surface area contributed by atoms with Crippen LogP contribution in [0.25, 0.3) is 0 Å². The van der Waals surface area contributed by atoms with Gasteiger partial charge in [0.15, 0.2) is 0 Å². The van der Waals surface area contributed by atoms with Gasteiger partial charge in [-0.05, 0) is 37.1 Å². The summed E-state index contributed by atoms with van der Waals surface area (Å²) in [5.74, 6) is -0.515. The third-order valence-corrected chi connectivity index (χ3v) is 3.49. The molecule has 5 heteroatoms. The molecule has 1 atom stereocenters. The third-order valence-electron chi connectivity index (χ3n) is 3.49. The second kappa shape index (κ2) is 6.76. The molecule has 2 aromatic carbocycles. The van der Waals surface area contributed by atoms with Crippen molar-refractivity contribution < 1.29 is 9.59 Å². The number of nitrogens with two attached hydrogens (primary N) is 1. The summed E-state index contributed by atoms with van der Waals surface area (Å²) in [4.78, 5) is 23.4. The van der Waals surface area contributed by atoms with Crippen molar-refractivity contribution in [3.05, 3.63) is 65.2 Å². The van der Waals surface area contributed by atoms with E-state index >= 15 is 0 Å². The molecule has 0 unspecified atom stereocenters. The lowest BCUT2D eigenvalue weighted by atomic mass is 10.1. The fourth-order valence-corrected chi connectivity index (χ4v) is 2.22. The zero-order valence-electron chi connectivity index (χ0n) is 12.6. The Morgan fingerprint density at radius 3 is 2.36 bits per heavy atom. The van der Waals surface area contributed by atoms with E-state index in [1.54, 1.807) is 25.1 Å². The van der Waals surface area contributed by atoms with E-state index in [2.05, 4.69) is 10.6 Å². The van der Waals surface area contributed by atoms with E-state index in [0.29, 0.717) is 16.8 Å². The molecule has 0 aliphatic rings. The average molecular weight is 297 g/mol. The SMILES string of the molecule is Cc1c(NC(=O)N[C@@H](C)c2ccccc2)cccc1C(N)=O. The third kappa shape index (κ3) is 3.63. The molecule has 2 rings (SSSR count). The lowest BCUT2D eigenvalue weighted by Gasteiger charge is -2.16. The highest BCUT2D eigenvalue weighted by Crippen LogP contribution is 2.19. The van der Waals surface area contributed by atoms with Gasteiger partial charge in [0.05, 0.1) is 6.04 Å². The van der Waals surface area contributed by atoms with Gasteiger partial charge in [0, 0.05) is 11.3 Å². The van der Waals surface area contributed by atoms with Gasteiger partial charge in [-0.3, -0.25) is 4.79 Å². The number of rotatable bonds is 4. The molecule has 114 valence electrons. The van der Waals surface area contributed by atoms with Gasteiger partial charge in [-0.2, -0.15) is 0 Å². The van der Waals surface area contributed by atoms with E-state index in [4.69, 9.17) is 5.73 Å². The van der Waals surface area contributed by atoms with Crippen LogP contribution < -0.4 is 16.4 Å². The monoisotopic (exact) mass is 297 g/mol. The maximum Gasteiger partial charge on any atom is 0.319 e. The Hall–Kier alpha value is -2.82. The smallest absolute Gasteiger partial charge is 0.319 e. The lowest BCUT2D eigenvalue weighted by molar-refractivity contribution is 0.0999. The summed E-state index contributed by atoms with van der Waals surface area (Å²) >= 11 is 0. The molecular weight excluding hydrogens is 278 g/mol. The highest BCUT2D eigenvalue weighted by atomic mass is 16.2. The predicted octanol–water partition coefficient (Wildman–Crippen LogP) is 2.98. The second-order valence-electron chi connectivity index (χ2n) is 5.07. The minimum Gasteiger partial charge on any atom is -0.366 e. The standard InChI is InChI=1S/C17H19N3O2/c1-11-14(16(18)21)9-6-10-15(11)20-17(22)19-12(2)13-7-4-3-5-8-13/h3-10,12H,1-2H3,(H2,18,21)(H2,19,20,22)/t12-/m0/s1. The number of benzene rings is 2. The van der Waals surface area contributed by atoms with Gasteiger partial charge in [-0.15, -0.1) is 0 Å². The van der Waals surface area contributed by atoms with Gasteiger partial charge in [-0.1, -0.05) is 36.4 Å². The number of amides is 3. The van der Waals surface area contributed by atoms with Gasteiger partial charge < -0.3 is 16.4 Å². The highest BCUT2D eigenvalue weighted by Gasteiger charge is 2.12. The van der Waals surface area contributed by atoms with Crippen molar-refractivity contribution in [1.29, 1.82) is 0 Å². The van der Waals surface area contributed by atoms with E-state index in [9.17, 15) is 9.59 Å². The Labute approximate surface area is 129 Å². The molecule has 2 aromatic rings. The fourth-order valence-electron chi connectivity index (χ4n) is 2.22. The fraction of sp³-hybridized carbons (Fsp3) is 0.176. The molecule has 3 amide bonds. The maximum absolute atomic E-state index is 12.1. The number of urea groups is 1. The normalized spacial score (nSPS) is 11.5. The topological polar surface area (TPSA) is 84.2 Å². The molecule has 0 heterocycles. The number of carbonyl (C=O) groups excluding carboxylic acids is 2. The molecule has 22 heavy (non-hydrogen) atoms. The van der Waals surface area contributed by atoms with Crippen LogP contribution in [0.15, 0.2) is 48.5 Å². The van der Waals surface area contributed by atoms with Crippen LogP contribution >= 0.6 is 0 Å². The first-order valence-corrected chi connectivity index (χ1v) is 7.01. The number of hydrogen-bond donors (Lipinski definition) is 3. The van der Waals surface area contributed by atoms with Crippen LogP contribution in [0.2, 0.25) is 0 Å². The van der Waals surface area contributed by atoms with E-state index in [0.717, 1.165) is 5.56 Å². The van der Waals surface area contributed by atoms with Crippen molar-refractivity contribution in [2.75, 3.05) is 5.32 Å². The zero-order valence-corrected chi connectivity index (χ0v) is 12.6. The molecule has 0 bridgehead atoms. The number of hydrogen-bond acceptors (Lipinski definition) is 2. The van der Waals surface area contributed by atoms with Crippen molar-refractivity contribution in [3.8, 4) is 0 Å². The first kappa shape index (κ1) is 15.6. The van der Waals surface area contributed by atoms with Crippen LogP contribution in [-0.4, -0.2) is 11.9 Å². The first-order valence-electron chi connectivity index (χ1n) is 7.01. The second-order valence-corrected chi connectivity index (χ2v) is 5.07. The van der Waals surface area contributed by atoms with Crippen molar-refractivity contribution in [1.82, 2.24) is 5.32 Å². The number of primary amides is 1.